The molecule has 15 heteroatoms. The molecule has 314 valence electrons. The summed E-state index contributed by atoms with van der Waals surface area (Å²) in [7, 11) is 0. The maximum Gasteiger partial charge on any atom is 0.416 e. The fourth-order valence-electron chi connectivity index (χ4n) is 8.60. The number of para-hydroxylation sites is 2. The van der Waals surface area contributed by atoms with Crippen molar-refractivity contribution in [2.24, 2.45) is 0 Å². The van der Waals surface area contributed by atoms with Crippen molar-refractivity contribution >= 4 is 43.6 Å². The summed E-state index contributed by atoms with van der Waals surface area (Å²) >= 11 is 0. The van der Waals surface area contributed by atoms with E-state index in [1.807, 2.05) is 94.1 Å². The van der Waals surface area contributed by atoms with E-state index >= 15 is 0 Å². The van der Waals surface area contributed by atoms with Gasteiger partial charge in [0.2, 0.25) is 0 Å². The van der Waals surface area contributed by atoms with E-state index in [-0.39, 0.29) is 34.1 Å². The van der Waals surface area contributed by atoms with E-state index < -0.39 is 23.5 Å². The fourth-order valence-corrected chi connectivity index (χ4v) is 8.60. The maximum atomic E-state index is 14.5. The second-order valence-corrected chi connectivity index (χ2v) is 15.5. The Hall–Kier alpha value is -7.99. The SMILES string of the molecule is Cc1nc(C)nc(-c2ccc3c4ccccc4n(-c4cc(-c5cc(C(F)(F)F)cc(C(F)(F)F)c5)cc(-n5c6ccccc6c6ccc(-c7nc(C)nc(C)n7)cc65)c4C#N)c3c2)n1. The molecule has 0 amide bonds. The first-order chi connectivity index (χ1) is 30.5. The first-order valence-corrected chi connectivity index (χ1v) is 19.9. The number of nitriles is 1. The van der Waals surface area contributed by atoms with Gasteiger partial charge in [-0.05, 0) is 93.4 Å². The summed E-state index contributed by atoms with van der Waals surface area (Å²) in [6.07, 6.45) is -10.2. The largest absolute Gasteiger partial charge is 0.416 e. The molecule has 10 aromatic rings. The van der Waals surface area contributed by atoms with Gasteiger partial charge in [-0.25, -0.2) is 29.9 Å². The highest BCUT2D eigenvalue weighted by Crippen LogP contribution is 2.44. The Bertz CT molecular complexity index is 3350. The van der Waals surface area contributed by atoms with E-state index in [4.69, 9.17) is 0 Å². The van der Waals surface area contributed by atoms with Crippen LogP contribution in [0.1, 0.15) is 40.0 Å². The minimum Gasteiger partial charge on any atom is -0.308 e. The zero-order chi connectivity index (χ0) is 44.8. The lowest BCUT2D eigenvalue weighted by Crippen LogP contribution is -2.11. The van der Waals surface area contributed by atoms with E-state index in [9.17, 15) is 31.6 Å². The number of alkyl halides is 6. The van der Waals surface area contributed by atoms with Crippen LogP contribution in [-0.2, 0) is 12.4 Å². The summed E-state index contributed by atoms with van der Waals surface area (Å²) in [5.41, 5.74) is 0.850. The number of rotatable bonds is 5. The zero-order valence-corrected chi connectivity index (χ0v) is 34.3. The Labute approximate surface area is 360 Å². The molecule has 4 heterocycles. The van der Waals surface area contributed by atoms with Crippen LogP contribution in [0.3, 0.4) is 0 Å². The van der Waals surface area contributed by atoms with Crippen LogP contribution in [-0.4, -0.2) is 39.0 Å². The Morgan fingerprint density at radius 2 is 0.797 bits per heavy atom. The van der Waals surface area contributed by atoms with Gasteiger partial charge in [-0.2, -0.15) is 31.6 Å². The van der Waals surface area contributed by atoms with Gasteiger partial charge in [-0.15, -0.1) is 0 Å². The van der Waals surface area contributed by atoms with E-state index in [2.05, 4.69) is 36.0 Å². The topological polar surface area (TPSA) is 111 Å². The quantitative estimate of drug-likeness (QED) is 0.158. The van der Waals surface area contributed by atoms with E-state index in [1.165, 1.54) is 12.1 Å². The molecule has 0 aliphatic heterocycles. The van der Waals surface area contributed by atoms with E-state index in [1.54, 1.807) is 27.7 Å². The number of hydrogen-bond acceptors (Lipinski definition) is 7. The van der Waals surface area contributed by atoms with Crippen LogP contribution in [0.25, 0.3) is 88.9 Å². The van der Waals surface area contributed by atoms with Crippen LogP contribution in [0, 0.1) is 39.0 Å². The summed E-state index contributed by atoms with van der Waals surface area (Å²) in [5, 5.41) is 14.5. The number of aryl methyl sites for hydroxylation is 4. The Morgan fingerprint density at radius 3 is 1.19 bits per heavy atom. The average molecular weight is 860 g/mol. The van der Waals surface area contributed by atoms with Gasteiger partial charge in [0.1, 0.15) is 34.9 Å². The van der Waals surface area contributed by atoms with Gasteiger partial charge in [0.05, 0.1) is 44.6 Å². The third-order valence-electron chi connectivity index (χ3n) is 11.2. The van der Waals surface area contributed by atoms with Crippen molar-refractivity contribution in [2.45, 2.75) is 40.0 Å². The van der Waals surface area contributed by atoms with Crippen molar-refractivity contribution in [3.8, 4) is 51.3 Å². The lowest BCUT2D eigenvalue weighted by molar-refractivity contribution is -0.143. The fraction of sp³-hybridized carbons (Fsp3) is 0.122. The van der Waals surface area contributed by atoms with Gasteiger partial charge < -0.3 is 9.13 Å². The average Bonchev–Trinajstić information content (AvgIpc) is 3.76. The minimum atomic E-state index is -5.11. The van der Waals surface area contributed by atoms with Crippen molar-refractivity contribution in [3.63, 3.8) is 0 Å². The normalized spacial score (nSPS) is 12.2. The summed E-state index contributed by atoms with van der Waals surface area (Å²) in [5.74, 6) is 2.80. The molecule has 4 aromatic heterocycles. The lowest BCUT2D eigenvalue weighted by Gasteiger charge is -2.20. The Morgan fingerprint density at radius 1 is 0.422 bits per heavy atom. The standard InChI is InChI=1S/C49H31F6N9/c1-25-57-26(2)60-46(59-25)29-13-15-37-35-9-5-7-11-40(35)63(42(37)19-29)44-21-32(31-17-33(48(50,51)52)23-34(18-31)49(53,54)55)22-45(39(44)24-56)64-41-12-8-6-10-36(41)38-16-14-30(20-43(38)64)47-61-27(3)58-28(4)62-47/h5-23H,1-4H3. The van der Waals surface area contributed by atoms with Crippen LogP contribution in [0.4, 0.5) is 26.3 Å². The van der Waals surface area contributed by atoms with E-state index in [0.29, 0.717) is 80.3 Å². The highest BCUT2D eigenvalue weighted by atomic mass is 19.4. The number of aromatic nitrogens is 8. The van der Waals surface area contributed by atoms with Gasteiger partial charge in [0.15, 0.2) is 11.6 Å². The molecule has 64 heavy (non-hydrogen) atoms. The van der Waals surface area contributed by atoms with Gasteiger partial charge in [-0.3, -0.25) is 0 Å². The van der Waals surface area contributed by atoms with Crippen molar-refractivity contribution in [1.82, 2.24) is 39.0 Å². The Balaban J connectivity index is 1.36. The number of benzene rings is 6. The van der Waals surface area contributed by atoms with Gasteiger partial charge in [0.25, 0.3) is 0 Å². The smallest absolute Gasteiger partial charge is 0.308 e. The molecule has 0 bridgehead atoms. The molecule has 9 nitrogen and oxygen atoms in total. The van der Waals surface area contributed by atoms with Crippen molar-refractivity contribution in [3.05, 3.63) is 155 Å². The molecule has 0 aliphatic rings. The molecule has 0 saturated heterocycles. The second-order valence-electron chi connectivity index (χ2n) is 15.5. The molecule has 0 aliphatic carbocycles. The summed E-state index contributed by atoms with van der Waals surface area (Å²) in [6.45, 7) is 7.01. The second kappa shape index (κ2) is 14.6. The maximum absolute atomic E-state index is 14.5. The van der Waals surface area contributed by atoms with Crippen LogP contribution < -0.4 is 0 Å². The molecule has 0 fully saturated rings. The molecule has 6 aromatic carbocycles. The Kier molecular flexibility index (Phi) is 9.12. The van der Waals surface area contributed by atoms with Crippen molar-refractivity contribution in [1.29, 1.82) is 5.26 Å². The number of fused-ring (bicyclic) bond motifs is 6. The molecule has 0 radical (unpaired) electrons. The van der Waals surface area contributed by atoms with Crippen LogP contribution in [0.15, 0.2) is 115 Å². The third kappa shape index (κ3) is 6.74. The number of hydrogen-bond donors (Lipinski definition) is 0. The monoisotopic (exact) mass is 859 g/mol. The van der Waals surface area contributed by atoms with Crippen LogP contribution >= 0.6 is 0 Å². The third-order valence-corrected chi connectivity index (χ3v) is 11.2. The molecular formula is C49H31F6N9. The summed E-state index contributed by atoms with van der Waals surface area (Å²) in [6, 6.07) is 33.0. The predicted molar refractivity (Wildman–Crippen MR) is 232 cm³/mol. The van der Waals surface area contributed by atoms with Gasteiger partial charge >= 0.3 is 12.4 Å². The van der Waals surface area contributed by atoms with Crippen molar-refractivity contribution in [2.75, 3.05) is 0 Å². The highest BCUT2D eigenvalue weighted by Gasteiger charge is 2.37. The molecule has 10 rings (SSSR count). The van der Waals surface area contributed by atoms with Crippen LogP contribution in [0.2, 0.25) is 0 Å². The zero-order valence-electron chi connectivity index (χ0n) is 34.3. The molecule has 0 unspecified atom stereocenters. The lowest BCUT2D eigenvalue weighted by atomic mass is 9.96. The van der Waals surface area contributed by atoms with Gasteiger partial charge in [-0.1, -0.05) is 60.7 Å². The highest BCUT2D eigenvalue weighted by molar-refractivity contribution is 6.12. The number of halogens is 6. The molecule has 0 N–H and O–H groups in total. The first-order valence-electron chi connectivity index (χ1n) is 19.9. The van der Waals surface area contributed by atoms with E-state index in [0.717, 1.165) is 21.5 Å². The predicted octanol–water partition coefficient (Wildman–Crippen LogP) is 12.4. The molecule has 0 atom stereocenters. The number of nitrogens with zero attached hydrogens (tertiary/aromatic N) is 9. The van der Waals surface area contributed by atoms with Crippen LogP contribution in [0.5, 0.6) is 0 Å². The minimum absolute atomic E-state index is 0.00259. The first kappa shape index (κ1) is 40.1. The molecular weight excluding hydrogens is 829 g/mol. The molecule has 0 saturated carbocycles. The summed E-state index contributed by atoms with van der Waals surface area (Å²) in [4.78, 5) is 26.9. The van der Waals surface area contributed by atoms with Gasteiger partial charge in [0, 0.05) is 32.7 Å². The molecule has 0 spiro atoms. The van der Waals surface area contributed by atoms with Crippen molar-refractivity contribution < 1.29 is 26.3 Å². The summed E-state index contributed by atoms with van der Waals surface area (Å²) < 4.78 is 90.5.